The Bertz CT molecular complexity index is 596. The number of hydrogen-bond donors (Lipinski definition) is 2. The summed E-state index contributed by atoms with van der Waals surface area (Å²) in [6.07, 6.45) is 4.71. The van der Waals surface area contributed by atoms with Crippen LogP contribution in [-0.2, 0) is 0 Å². The van der Waals surface area contributed by atoms with Crippen LogP contribution in [0.4, 0.5) is 11.6 Å². The van der Waals surface area contributed by atoms with Crippen molar-refractivity contribution < 1.29 is 0 Å². The summed E-state index contributed by atoms with van der Waals surface area (Å²) >= 11 is 1.93. The van der Waals surface area contributed by atoms with Gasteiger partial charge in [-0.25, -0.2) is 9.97 Å². The third kappa shape index (κ3) is 2.88. The van der Waals surface area contributed by atoms with Crippen molar-refractivity contribution in [1.29, 1.82) is 0 Å². The van der Waals surface area contributed by atoms with Gasteiger partial charge in [-0.1, -0.05) is 30.3 Å². The second-order valence-corrected chi connectivity index (χ2v) is 6.38. The first-order chi connectivity index (χ1) is 9.71. The summed E-state index contributed by atoms with van der Waals surface area (Å²) in [5.74, 6) is 1.97. The molecule has 20 heavy (non-hydrogen) atoms. The van der Waals surface area contributed by atoms with E-state index in [1.54, 1.807) is 6.07 Å². The minimum absolute atomic E-state index is 0.395. The highest BCUT2D eigenvalue weighted by molar-refractivity contribution is 8.00. The number of aromatic nitrogens is 2. The van der Waals surface area contributed by atoms with Crippen molar-refractivity contribution in [3.8, 4) is 11.4 Å². The van der Waals surface area contributed by atoms with E-state index in [4.69, 9.17) is 5.73 Å². The normalized spacial score (nSPS) is 15.8. The topological polar surface area (TPSA) is 63.8 Å². The molecule has 5 heteroatoms. The van der Waals surface area contributed by atoms with Crippen molar-refractivity contribution in [3.63, 3.8) is 0 Å². The van der Waals surface area contributed by atoms with Crippen LogP contribution >= 0.6 is 11.8 Å². The van der Waals surface area contributed by atoms with Crippen molar-refractivity contribution >= 4 is 23.4 Å². The van der Waals surface area contributed by atoms with Gasteiger partial charge in [-0.15, -0.1) is 0 Å². The smallest absolute Gasteiger partial charge is 0.163 e. The Morgan fingerprint density at radius 3 is 2.65 bits per heavy atom. The molecule has 0 unspecified atom stereocenters. The minimum Gasteiger partial charge on any atom is -0.384 e. The molecule has 0 bridgehead atoms. The number of hydrogen-bond acceptors (Lipinski definition) is 5. The highest BCUT2D eigenvalue weighted by atomic mass is 32.2. The lowest BCUT2D eigenvalue weighted by Gasteiger charge is -2.14. The second kappa shape index (κ2) is 5.32. The average Bonchev–Trinajstić information content (AvgIpc) is 3.26. The molecule has 1 aliphatic rings. The fourth-order valence-electron chi connectivity index (χ4n) is 2.12. The van der Waals surface area contributed by atoms with Crippen LogP contribution in [0.5, 0.6) is 0 Å². The van der Waals surface area contributed by atoms with E-state index < -0.39 is 0 Å². The molecule has 1 saturated carbocycles. The van der Waals surface area contributed by atoms with Gasteiger partial charge in [0.1, 0.15) is 11.6 Å². The molecular weight excluding hydrogens is 268 g/mol. The Morgan fingerprint density at radius 2 is 2.00 bits per heavy atom. The van der Waals surface area contributed by atoms with E-state index in [2.05, 4.69) is 21.5 Å². The van der Waals surface area contributed by atoms with Crippen LogP contribution in [0.2, 0.25) is 0 Å². The average molecular weight is 286 g/mol. The molecule has 1 aromatic heterocycles. The SMILES string of the molecule is CSC1(CNc2cc(N)nc(-c3ccccc3)n2)CC1. The predicted octanol–water partition coefficient (Wildman–Crippen LogP) is 3.03. The third-order valence-corrected chi connectivity index (χ3v) is 5.03. The summed E-state index contributed by atoms with van der Waals surface area (Å²) in [4.78, 5) is 8.86. The van der Waals surface area contributed by atoms with Gasteiger partial charge in [-0.2, -0.15) is 11.8 Å². The first-order valence-corrected chi connectivity index (χ1v) is 7.92. The highest BCUT2D eigenvalue weighted by Crippen LogP contribution is 2.47. The first kappa shape index (κ1) is 13.2. The summed E-state index contributed by atoms with van der Waals surface area (Å²) in [7, 11) is 0. The quantitative estimate of drug-likeness (QED) is 0.884. The van der Waals surface area contributed by atoms with Crippen LogP contribution in [0.25, 0.3) is 11.4 Å². The van der Waals surface area contributed by atoms with E-state index in [9.17, 15) is 0 Å². The molecule has 0 radical (unpaired) electrons. The van der Waals surface area contributed by atoms with Gasteiger partial charge in [0.05, 0.1) is 0 Å². The van der Waals surface area contributed by atoms with E-state index in [1.807, 2.05) is 42.1 Å². The zero-order chi connectivity index (χ0) is 14.0. The molecule has 3 rings (SSSR count). The van der Waals surface area contributed by atoms with Gasteiger partial charge in [-0.05, 0) is 19.1 Å². The van der Waals surface area contributed by atoms with Crippen molar-refractivity contribution in [3.05, 3.63) is 36.4 Å². The molecule has 0 saturated heterocycles. The maximum atomic E-state index is 5.89. The Balaban J connectivity index is 1.80. The van der Waals surface area contributed by atoms with Crippen LogP contribution in [-0.4, -0.2) is 27.5 Å². The fraction of sp³-hybridized carbons (Fsp3) is 0.333. The molecule has 0 spiro atoms. The standard InChI is InChI=1S/C15H18N4S/c1-20-15(7-8-15)10-17-13-9-12(16)18-14(19-13)11-5-3-2-4-6-11/h2-6,9H,7-8,10H2,1H3,(H3,16,17,18,19). The minimum atomic E-state index is 0.395. The number of nitrogens with two attached hydrogens (primary N) is 1. The number of nitrogens with one attached hydrogen (secondary N) is 1. The number of nitrogen functional groups attached to an aromatic ring is 1. The lowest BCUT2D eigenvalue weighted by molar-refractivity contribution is 0.938. The molecule has 1 aliphatic carbocycles. The molecule has 104 valence electrons. The number of benzene rings is 1. The third-order valence-electron chi connectivity index (χ3n) is 3.61. The van der Waals surface area contributed by atoms with Crippen LogP contribution < -0.4 is 11.1 Å². The Kier molecular flexibility index (Phi) is 3.53. The molecular formula is C15H18N4S. The molecule has 1 heterocycles. The molecule has 0 amide bonds. The molecule has 4 nitrogen and oxygen atoms in total. The van der Waals surface area contributed by atoms with Crippen molar-refractivity contribution in [2.45, 2.75) is 17.6 Å². The van der Waals surface area contributed by atoms with Crippen molar-refractivity contribution in [1.82, 2.24) is 9.97 Å². The molecule has 1 aromatic carbocycles. The Hall–Kier alpha value is -1.75. The van der Waals surface area contributed by atoms with Gasteiger partial charge in [0.25, 0.3) is 0 Å². The van der Waals surface area contributed by atoms with Crippen LogP contribution in [0.15, 0.2) is 36.4 Å². The Labute approximate surface area is 123 Å². The monoisotopic (exact) mass is 286 g/mol. The number of anilines is 2. The van der Waals surface area contributed by atoms with Crippen LogP contribution in [0.3, 0.4) is 0 Å². The van der Waals surface area contributed by atoms with Gasteiger partial charge in [0.15, 0.2) is 5.82 Å². The fourth-order valence-corrected chi connectivity index (χ4v) is 2.84. The zero-order valence-electron chi connectivity index (χ0n) is 11.5. The van der Waals surface area contributed by atoms with Crippen molar-refractivity contribution in [2.75, 3.05) is 23.9 Å². The second-order valence-electron chi connectivity index (χ2n) is 5.11. The predicted molar refractivity (Wildman–Crippen MR) is 85.9 cm³/mol. The summed E-state index contributed by atoms with van der Waals surface area (Å²) in [6, 6.07) is 11.7. The van der Waals surface area contributed by atoms with E-state index in [-0.39, 0.29) is 0 Å². The number of nitrogens with zero attached hydrogens (tertiary/aromatic N) is 2. The van der Waals surface area contributed by atoms with Crippen LogP contribution in [0, 0.1) is 0 Å². The first-order valence-electron chi connectivity index (χ1n) is 6.70. The van der Waals surface area contributed by atoms with E-state index >= 15 is 0 Å². The van der Waals surface area contributed by atoms with E-state index in [0.717, 1.165) is 17.9 Å². The largest absolute Gasteiger partial charge is 0.384 e. The van der Waals surface area contributed by atoms with Gasteiger partial charge >= 0.3 is 0 Å². The molecule has 2 aromatic rings. The molecule has 1 fully saturated rings. The molecule has 0 aliphatic heterocycles. The maximum Gasteiger partial charge on any atom is 0.163 e. The summed E-state index contributed by atoms with van der Waals surface area (Å²) in [5.41, 5.74) is 6.87. The number of rotatable bonds is 5. The Morgan fingerprint density at radius 1 is 1.25 bits per heavy atom. The van der Waals surface area contributed by atoms with E-state index in [1.165, 1.54) is 12.8 Å². The molecule has 3 N–H and O–H groups in total. The van der Waals surface area contributed by atoms with E-state index in [0.29, 0.717) is 16.4 Å². The molecule has 0 atom stereocenters. The summed E-state index contributed by atoms with van der Waals surface area (Å²) < 4.78 is 0.395. The van der Waals surface area contributed by atoms with Crippen LogP contribution in [0.1, 0.15) is 12.8 Å². The highest BCUT2D eigenvalue weighted by Gasteiger charge is 2.41. The zero-order valence-corrected chi connectivity index (χ0v) is 12.3. The number of thioether (sulfide) groups is 1. The summed E-state index contributed by atoms with van der Waals surface area (Å²) in [5, 5.41) is 3.40. The lowest BCUT2D eigenvalue weighted by atomic mass is 10.2. The lowest BCUT2D eigenvalue weighted by Crippen LogP contribution is -2.18. The maximum absolute atomic E-state index is 5.89. The summed E-state index contributed by atoms with van der Waals surface area (Å²) in [6.45, 7) is 0.929. The van der Waals surface area contributed by atoms with Gasteiger partial charge in [0.2, 0.25) is 0 Å². The van der Waals surface area contributed by atoms with Gasteiger partial charge in [-0.3, -0.25) is 0 Å². The van der Waals surface area contributed by atoms with Gasteiger partial charge in [0, 0.05) is 22.9 Å². The van der Waals surface area contributed by atoms with Gasteiger partial charge < -0.3 is 11.1 Å². The van der Waals surface area contributed by atoms with Crippen molar-refractivity contribution in [2.24, 2.45) is 0 Å².